The molecule has 58 heavy (non-hydrogen) atoms. The quantitative estimate of drug-likeness (QED) is 0.129. The second-order valence-electron chi connectivity index (χ2n) is 25.9. The Hall–Kier alpha value is -0.0725. The maximum Gasteiger partial charge on any atom is 0.192 e. The molecule has 0 heterocycles. The van der Waals surface area contributed by atoms with E-state index >= 15 is 0 Å². The van der Waals surface area contributed by atoms with E-state index in [0.717, 1.165) is 37.5 Å². The van der Waals surface area contributed by atoms with Crippen molar-refractivity contribution in [1.29, 1.82) is 0 Å². The Kier molecular flexibility index (Phi) is 17.1. The van der Waals surface area contributed by atoms with Gasteiger partial charge >= 0.3 is 0 Å². The van der Waals surface area contributed by atoms with Crippen molar-refractivity contribution in [3.05, 3.63) is 35.5 Å². The lowest BCUT2D eigenvalue weighted by molar-refractivity contribution is 0.0588. The fourth-order valence-electron chi connectivity index (χ4n) is 10.7. The maximum atomic E-state index is 7.19. The standard InChI is InChI=1S/C50H98O4Si4/c1-38-41(36-42(51-57(19,20)46(2,3)4)37-45(38)52-58(21,22)47(5,6)7)30-29-40-28-25-35-50(12)43(31-32-44(40)50)39(26-23-33-48(8,9)53-55(13,14)15)27-24-34-49(10,11)54-56(16,17)18/h29-30,39,42-45H,1,23-28,31-37H2,2-22H3/b40-29+,41-30-/t42-,43-,44+,45+,50-/m1/s1. The first-order valence-electron chi connectivity index (χ1n) is 23.8. The van der Waals surface area contributed by atoms with Crippen LogP contribution >= 0.6 is 0 Å². The monoisotopic (exact) mass is 875 g/mol. The van der Waals surface area contributed by atoms with Crippen molar-refractivity contribution < 1.29 is 17.7 Å². The minimum atomic E-state index is -2.01. The van der Waals surface area contributed by atoms with Gasteiger partial charge in [0.2, 0.25) is 0 Å². The van der Waals surface area contributed by atoms with Crippen LogP contribution in [0.15, 0.2) is 35.5 Å². The van der Waals surface area contributed by atoms with Gasteiger partial charge in [0.1, 0.15) is 0 Å². The second kappa shape index (κ2) is 19.0. The van der Waals surface area contributed by atoms with Gasteiger partial charge in [0.25, 0.3) is 0 Å². The van der Waals surface area contributed by atoms with Gasteiger partial charge in [0, 0.05) is 6.42 Å². The van der Waals surface area contributed by atoms with E-state index in [2.05, 4.69) is 154 Å². The summed E-state index contributed by atoms with van der Waals surface area (Å²) in [7, 11) is -7.18. The molecule has 0 aliphatic heterocycles. The van der Waals surface area contributed by atoms with Gasteiger partial charge in [-0.05, 0) is 189 Å². The zero-order valence-corrected chi connectivity index (χ0v) is 46.6. The molecule has 4 nitrogen and oxygen atoms in total. The highest BCUT2D eigenvalue weighted by molar-refractivity contribution is 6.74. The fraction of sp³-hybridized carbons (Fsp3) is 0.880. The first-order chi connectivity index (χ1) is 26.0. The van der Waals surface area contributed by atoms with Crippen molar-refractivity contribution in [2.24, 2.45) is 23.2 Å². The molecule has 3 aliphatic rings. The lowest BCUT2D eigenvalue weighted by Gasteiger charge is -2.46. The first kappa shape index (κ1) is 52.3. The van der Waals surface area contributed by atoms with Gasteiger partial charge in [-0.3, -0.25) is 0 Å². The van der Waals surface area contributed by atoms with Crippen molar-refractivity contribution in [3.8, 4) is 0 Å². The first-order valence-corrected chi connectivity index (χ1v) is 36.5. The summed E-state index contributed by atoms with van der Waals surface area (Å²) in [5, 5.41) is 0.314. The van der Waals surface area contributed by atoms with Gasteiger partial charge in [0.15, 0.2) is 33.3 Å². The van der Waals surface area contributed by atoms with Gasteiger partial charge in [-0.2, -0.15) is 0 Å². The molecule has 0 saturated heterocycles. The topological polar surface area (TPSA) is 36.9 Å². The molecule has 0 aromatic carbocycles. The number of rotatable bonds is 18. The van der Waals surface area contributed by atoms with Crippen LogP contribution < -0.4 is 0 Å². The number of fused-ring (bicyclic) bond motifs is 1. The Labute approximate surface area is 366 Å². The molecule has 0 aromatic heterocycles. The molecule has 8 heteroatoms. The Morgan fingerprint density at radius 1 is 0.707 bits per heavy atom. The molecule has 0 bridgehead atoms. The third kappa shape index (κ3) is 14.8. The molecule has 0 amide bonds. The zero-order valence-electron chi connectivity index (χ0n) is 42.6. The van der Waals surface area contributed by atoms with Crippen LogP contribution in [-0.4, -0.2) is 56.7 Å². The Bertz CT molecular complexity index is 1400. The summed E-state index contributed by atoms with van der Waals surface area (Å²) in [6.07, 6.45) is 21.1. The van der Waals surface area contributed by atoms with Crippen LogP contribution in [0.25, 0.3) is 0 Å². The minimum Gasteiger partial charge on any atom is -0.413 e. The number of hydrogen-bond acceptors (Lipinski definition) is 4. The highest BCUT2D eigenvalue weighted by atomic mass is 28.4. The normalized spacial score (nSPS) is 27.6. The molecular weight excluding hydrogens is 777 g/mol. The summed E-state index contributed by atoms with van der Waals surface area (Å²) < 4.78 is 27.8. The van der Waals surface area contributed by atoms with Crippen LogP contribution in [-0.2, 0) is 17.7 Å². The molecule has 5 atom stereocenters. The SMILES string of the molecule is C=C1/C(=C\C=C2/CCC[C@]3(C)[C@@H](C(CCCC(C)(C)O[Si](C)(C)C)CCCC(C)(C)O[Si](C)(C)C)CC[C@@H]23)C[C@@H](O[Si](C)(C)C(C)(C)C)C[C@@H]1O[Si](C)(C)C(C)(C)C. The molecule has 0 spiro atoms. The molecular formula is C50H98O4Si4. The number of hydrogen-bond donors (Lipinski definition) is 0. The summed E-state index contributed by atoms with van der Waals surface area (Å²) >= 11 is 0. The van der Waals surface area contributed by atoms with Crippen LogP contribution in [0.1, 0.15) is 160 Å². The maximum absolute atomic E-state index is 7.19. The second-order valence-corrected chi connectivity index (χ2v) is 44.2. The number of allylic oxidation sites excluding steroid dienone is 3. The fourth-order valence-corrected chi connectivity index (χ4v) is 16.9. The van der Waals surface area contributed by atoms with Gasteiger partial charge in [-0.15, -0.1) is 0 Å². The van der Waals surface area contributed by atoms with Gasteiger partial charge in [-0.25, -0.2) is 0 Å². The summed E-state index contributed by atoms with van der Waals surface area (Å²) in [5.41, 5.74) is 4.50. The molecule has 338 valence electrons. The van der Waals surface area contributed by atoms with Gasteiger partial charge < -0.3 is 17.7 Å². The third-order valence-electron chi connectivity index (χ3n) is 15.2. The van der Waals surface area contributed by atoms with E-state index in [9.17, 15) is 0 Å². The highest BCUT2D eigenvalue weighted by Crippen LogP contribution is 2.61. The van der Waals surface area contributed by atoms with Crippen molar-refractivity contribution in [3.63, 3.8) is 0 Å². The van der Waals surface area contributed by atoms with Crippen LogP contribution in [0.5, 0.6) is 0 Å². The van der Waals surface area contributed by atoms with E-state index in [1.807, 2.05) is 0 Å². The Balaban J connectivity index is 1.92. The molecule has 3 fully saturated rings. The van der Waals surface area contributed by atoms with E-state index < -0.39 is 33.3 Å². The van der Waals surface area contributed by atoms with Crippen molar-refractivity contribution >= 4 is 33.3 Å². The van der Waals surface area contributed by atoms with Crippen LogP contribution in [0.2, 0.25) is 75.5 Å². The van der Waals surface area contributed by atoms with Crippen LogP contribution in [0.4, 0.5) is 0 Å². The summed E-state index contributed by atoms with van der Waals surface area (Å²) in [5.74, 6) is 2.18. The predicted octanol–water partition coefficient (Wildman–Crippen LogP) is 16.4. The molecule has 0 N–H and O–H groups in total. The third-order valence-corrected chi connectivity index (χ3v) is 26.6. The predicted molar refractivity (Wildman–Crippen MR) is 265 cm³/mol. The van der Waals surface area contributed by atoms with Crippen molar-refractivity contribution in [1.82, 2.24) is 0 Å². The molecule has 3 saturated carbocycles. The lowest BCUT2D eigenvalue weighted by Crippen LogP contribution is -2.49. The molecule has 0 aromatic rings. The van der Waals surface area contributed by atoms with E-state index in [1.54, 1.807) is 5.57 Å². The molecule has 0 unspecified atom stereocenters. The van der Waals surface area contributed by atoms with Crippen LogP contribution in [0.3, 0.4) is 0 Å². The largest absolute Gasteiger partial charge is 0.413 e. The van der Waals surface area contributed by atoms with Crippen LogP contribution in [0, 0.1) is 23.2 Å². The highest BCUT2D eigenvalue weighted by Gasteiger charge is 2.51. The summed E-state index contributed by atoms with van der Waals surface area (Å²) in [6.45, 7) is 54.5. The summed E-state index contributed by atoms with van der Waals surface area (Å²) in [6, 6.07) is 0. The van der Waals surface area contributed by atoms with E-state index in [1.165, 1.54) is 68.9 Å². The average molecular weight is 876 g/mol. The van der Waals surface area contributed by atoms with Crippen molar-refractivity contribution in [2.45, 2.75) is 259 Å². The summed E-state index contributed by atoms with van der Waals surface area (Å²) in [4.78, 5) is 0. The minimum absolute atomic E-state index is 0.0181. The molecule has 3 aliphatic carbocycles. The Morgan fingerprint density at radius 2 is 1.19 bits per heavy atom. The average Bonchev–Trinajstić information content (AvgIpc) is 3.34. The van der Waals surface area contributed by atoms with Gasteiger partial charge in [0.05, 0.1) is 23.4 Å². The van der Waals surface area contributed by atoms with E-state index in [0.29, 0.717) is 11.3 Å². The van der Waals surface area contributed by atoms with Crippen molar-refractivity contribution in [2.75, 3.05) is 0 Å². The van der Waals surface area contributed by atoms with E-state index in [4.69, 9.17) is 24.3 Å². The molecule has 3 rings (SSSR count). The zero-order chi connectivity index (χ0) is 44.6. The molecule has 0 radical (unpaired) electrons. The lowest BCUT2D eigenvalue weighted by atomic mass is 9.60. The van der Waals surface area contributed by atoms with E-state index in [-0.39, 0.29) is 33.5 Å². The Morgan fingerprint density at radius 3 is 1.66 bits per heavy atom. The van der Waals surface area contributed by atoms with Gasteiger partial charge in [-0.1, -0.05) is 98.5 Å². The smallest absolute Gasteiger partial charge is 0.192 e.